The third kappa shape index (κ3) is 2.65. The van der Waals surface area contributed by atoms with E-state index >= 15 is 0 Å². The molecule has 108 valence electrons. The first kappa shape index (κ1) is 13.7. The van der Waals surface area contributed by atoms with Gasteiger partial charge in [0.15, 0.2) is 5.76 Å². The molecule has 6 nitrogen and oxygen atoms in total. The number of benzene rings is 1. The van der Waals surface area contributed by atoms with Crippen molar-refractivity contribution < 1.29 is 13.9 Å². The predicted molar refractivity (Wildman–Crippen MR) is 79.5 cm³/mol. The fourth-order valence-corrected chi connectivity index (χ4v) is 2.66. The number of methoxy groups -OCH3 is 1. The van der Waals surface area contributed by atoms with Crippen LogP contribution in [0, 0.1) is 6.92 Å². The highest BCUT2D eigenvalue weighted by atomic mass is 32.1. The van der Waals surface area contributed by atoms with E-state index in [0.29, 0.717) is 17.3 Å². The Morgan fingerprint density at radius 2 is 2.19 bits per heavy atom. The zero-order chi connectivity index (χ0) is 14.8. The summed E-state index contributed by atoms with van der Waals surface area (Å²) in [4.78, 5) is 12.4. The summed E-state index contributed by atoms with van der Waals surface area (Å²) < 4.78 is 10.8. The molecule has 7 heteroatoms. The molecule has 0 unspecified atom stereocenters. The molecule has 1 N–H and O–H groups in total. The number of carbonyl (C=O) groups excluding carboxylic acids is 1. The lowest BCUT2D eigenvalue weighted by Crippen LogP contribution is -2.13. The molecule has 0 bridgehead atoms. The number of para-hydroxylation sites is 1. The number of aromatic nitrogens is 2. The number of ether oxygens (including phenoxy) is 1. The van der Waals surface area contributed by atoms with Gasteiger partial charge in [0.1, 0.15) is 10.6 Å². The van der Waals surface area contributed by atoms with Crippen molar-refractivity contribution in [3.05, 3.63) is 40.6 Å². The van der Waals surface area contributed by atoms with Crippen molar-refractivity contribution >= 4 is 33.3 Å². The SMILES string of the molecule is COCc1c(C(=O)Nc2nnc(C)s2)oc2ccccc12. The Morgan fingerprint density at radius 1 is 1.38 bits per heavy atom. The second-order valence-electron chi connectivity index (χ2n) is 4.42. The minimum atomic E-state index is -0.352. The summed E-state index contributed by atoms with van der Waals surface area (Å²) in [6.45, 7) is 2.12. The molecule has 0 spiro atoms. The third-order valence-corrected chi connectivity index (χ3v) is 3.69. The van der Waals surface area contributed by atoms with Crippen LogP contribution in [0.3, 0.4) is 0 Å². The smallest absolute Gasteiger partial charge is 0.293 e. The van der Waals surface area contributed by atoms with Crippen molar-refractivity contribution in [3.8, 4) is 0 Å². The van der Waals surface area contributed by atoms with E-state index in [1.54, 1.807) is 7.11 Å². The van der Waals surface area contributed by atoms with Gasteiger partial charge in [-0.3, -0.25) is 10.1 Å². The minimum Gasteiger partial charge on any atom is -0.451 e. The van der Waals surface area contributed by atoms with Crippen LogP contribution in [0.5, 0.6) is 0 Å². The number of carbonyl (C=O) groups is 1. The van der Waals surface area contributed by atoms with Gasteiger partial charge in [-0.1, -0.05) is 29.5 Å². The van der Waals surface area contributed by atoms with Crippen LogP contribution in [-0.2, 0) is 11.3 Å². The monoisotopic (exact) mass is 303 g/mol. The van der Waals surface area contributed by atoms with E-state index in [4.69, 9.17) is 9.15 Å². The maximum atomic E-state index is 12.4. The first-order chi connectivity index (χ1) is 10.2. The second kappa shape index (κ2) is 5.63. The van der Waals surface area contributed by atoms with Gasteiger partial charge >= 0.3 is 0 Å². The van der Waals surface area contributed by atoms with Crippen molar-refractivity contribution in [1.82, 2.24) is 10.2 Å². The lowest BCUT2D eigenvalue weighted by atomic mass is 10.1. The Morgan fingerprint density at radius 3 is 2.90 bits per heavy atom. The highest BCUT2D eigenvalue weighted by molar-refractivity contribution is 7.15. The van der Waals surface area contributed by atoms with Crippen LogP contribution in [0.15, 0.2) is 28.7 Å². The summed E-state index contributed by atoms with van der Waals surface area (Å²) in [5, 5.41) is 12.5. The summed E-state index contributed by atoms with van der Waals surface area (Å²) in [5.74, 6) is -0.111. The average Bonchev–Trinajstić information content (AvgIpc) is 3.04. The van der Waals surface area contributed by atoms with Gasteiger partial charge in [0, 0.05) is 18.1 Å². The number of hydrogen-bond donors (Lipinski definition) is 1. The normalized spacial score (nSPS) is 11.0. The Balaban J connectivity index is 1.98. The lowest BCUT2D eigenvalue weighted by Gasteiger charge is -2.01. The van der Waals surface area contributed by atoms with E-state index in [1.165, 1.54) is 11.3 Å². The van der Waals surface area contributed by atoms with Gasteiger partial charge in [0.2, 0.25) is 5.13 Å². The van der Waals surface area contributed by atoms with Crippen molar-refractivity contribution in [1.29, 1.82) is 0 Å². The lowest BCUT2D eigenvalue weighted by molar-refractivity contribution is 0.0992. The number of aryl methyl sites for hydroxylation is 1. The van der Waals surface area contributed by atoms with Crippen molar-refractivity contribution in [2.75, 3.05) is 12.4 Å². The zero-order valence-corrected chi connectivity index (χ0v) is 12.4. The van der Waals surface area contributed by atoms with Gasteiger partial charge in [-0.25, -0.2) is 0 Å². The fraction of sp³-hybridized carbons (Fsp3) is 0.214. The summed E-state index contributed by atoms with van der Waals surface area (Å²) in [6, 6.07) is 7.48. The molecule has 0 aliphatic heterocycles. The van der Waals surface area contributed by atoms with Crippen LogP contribution in [-0.4, -0.2) is 23.2 Å². The Kier molecular flexibility index (Phi) is 3.68. The number of hydrogen-bond acceptors (Lipinski definition) is 6. The minimum absolute atomic E-state index is 0.242. The third-order valence-electron chi connectivity index (χ3n) is 2.94. The highest BCUT2D eigenvalue weighted by Crippen LogP contribution is 2.27. The maximum Gasteiger partial charge on any atom is 0.293 e. The summed E-state index contributed by atoms with van der Waals surface area (Å²) in [7, 11) is 1.58. The number of rotatable bonds is 4. The van der Waals surface area contributed by atoms with Crippen LogP contribution in [0.2, 0.25) is 0 Å². The molecule has 0 aliphatic carbocycles. The topological polar surface area (TPSA) is 77.2 Å². The van der Waals surface area contributed by atoms with Crippen molar-refractivity contribution in [2.45, 2.75) is 13.5 Å². The van der Waals surface area contributed by atoms with Gasteiger partial charge in [-0.15, -0.1) is 10.2 Å². The number of amides is 1. The molecule has 0 saturated heterocycles. The first-order valence-electron chi connectivity index (χ1n) is 6.30. The number of anilines is 1. The molecule has 3 rings (SSSR count). The van der Waals surface area contributed by atoms with E-state index in [1.807, 2.05) is 31.2 Å². The van der Waals surface area contributed by atoms with Gasteiger partial charge < -0.3 is 9.15 Å². The van der Waals surface area contributed by atoms with Gasteiger partial charge in [-0.05, 0) is 13.0 Å². The molecule has 1 amide bonds. The van der Waals surface area contributed by atoms with Crippen LogP contribution < -0.4 is 5.32 Å². The van der Waals surface area contributed by atoms with Crippen LogP contribution in [0.25, 0.3) is 11.0 Å². The molecule has 21 heavy (non-hydrogen) atoms. The van der Waals surface area contributed by atoms with Gasteiger partial charge in [0.25, 0.3) is 5.91 Å². The van der Waals surface area contributed by atoms with E-state index in [2.05, 4.69) is 15.5 Å². The fourth-order valence-electron chi connectivity index (χ4n) is 2.07. The van der Waals surface area contributed by atoms with Gasteiger partial charge in [0.05, 0.1) is 6.61 Å². The quantitative estimate of drug-likeness (QED) is 0.801. The van der Waals surface area contributed by atoms with E-state index in [-0.39, 0.29) is 11.7 Å². The second-order valence-corrected chi connectivity index (χ2v) is 5.60. The Labute approximate surface area is 124 Å². The van der Waals surface area contributed by atoms with Crippen molar-refractivity contribution in [3.63, 3.8) is 0 Å². The van der Waals surface area contributed by atoms with Crippen LogP contribution >= 0.6 is 11.3 Å². The number of nitrogens with one attached hydrogen (secondary N) is 1. The highest BCUT2D eigenvalue weighted by Gasteiger charge is 2.21. The standard InChI is InChI=1S/C14H13N3O3S/c1-8-16-17-14(21-8)15-13(18)12-10(7-19-2)9-5-3-4-6-11(9)20-12/h3-6H,7H2,1-2H3,(H,15,17,18). The van der Waals surface area contributed by atoms with Crippen LogP contribution in [0.4, 0.5) is 5.13 Å². The molecule has 2 heterocycles. The van der Waals surface area contributed by atoms with Crippen LogP contribution in [0.1, 0.15) is 21.1 Å². The zero-order valence-electron chi connectivity index (χ0n) is 11.5. The molecule has 1 aromatic carbocycles. The summed E-state index contributed by atoms with van der Waals surface area (Å²) in [5.41, 5.74) is 1.38. The molecule has 3 aromatic rings. The van der Waals surface area contributed by atoms with Crippen molar-refractivity contribution in [2.24, 2.45) is 0 Å². The predicted octanol–water partition coefficient (Wildman–Crippen LogP) is 2.99. The first-order valence-corrected chi connectivity index (χ1v) is 7.11. The molecular weight excluding hydrogens is 290 g/mol. The molecule has 0 aliphatic rings. The molecule has 2 aromatic heterocycles. The average molecular weight is 303 g/mol. The number of nitrogens with zero attached hydrogens (tertiary/aromatic N) is 2. The largest absolute Gasteiger partial charge is 0.451 e. The van der Waals surface area contributed by atoms with Gasteiger partial charge in [-0.2, -0.15) is 0 Å². The molecule has 0 radical (unpaired) electrons. The summed E-state index contributed by atoms with van der Waals surface area (Å²) in [6.07, 6.45) is 0. The molecule has 0 atom stereocenters. The molecule has 0 fully saturated rings. The Bertz CT molecular complexity index is 794. The molecule has 0 saturated carbocycles. The maximum absolute atomic E-state index is 12.4. The Hall–Kier alpha value is -2.25. The number of fused-ring (bicyclic) bond motifs is 1. The molecular formula is C14H13N3O3S. The van der Waals surface area contributed by atoms with E-state index in [9.17, 15) is 4.79 Å². The summed E-state index contributed by atoms with van der Waals surface area (Å²) >= 11 is 1.31. The van der Waals surface area contributed by atoms with E-state index in [0.717, 1.165) is 16.0 Å². The van der Waals surface area contributed by atoms with E-state index < -0.39 is 0 Å². The number of furan rings is 1.